The van der Waals surface area contributed by atoms with Crippen LogP contribution in [-0.2, 0) is 0 Å². The number of hydrogen-bond donors (Lipinski definition) is 2. The van der Waals surface area contributed by atoms with Gasteiger partial charge < -0.3 is 11.1 Å². The van der Waals surface area contributed by atoms with Crippen molar-refractivity contribution >= 4 is 17.5 Å². The van der Waals surface area contributed by atoms with Crippen LogP contribution in [0.1, 0.15) is 11.6 Å². The summed E-state index contributed by atoms with van der Waals surface area (Å²) in [4.78, 5) is 4.06. The number of allylic oxidation sites excluding steroid dienone is 1. The topological polar surface area (TPSA) is 92.6 Å². The third-order valence-corrected chi connectivity index (χ3v) is 3.19. The minimum Gasteiger partial charge on any atom is -0.384 e. The van der Waals surface area contributed by atoms with E-state index in [0.717, 1.165) is 5.56 Å². The van der Waals surface area contributed by atoms with Gasteiger partial charge >= 0.3 is 0 Å². The fraction of sp³-hybridized carbons (Fsp3) is 0.0833. The lowest BCUT2D eigenvalue weighted by molar-refractivity contribution is 0.585. The number of halogens is 1. The average molecular weight is 273 g/mol. The highest BCUT2D eigenvalue weighted by molar-refractivity contribution is 6.30. The Morgan fingerprint density at radius 1 is 1.37 bits per heavy atom. The first-order valence-electron chi connectivity index (χ1n) is 5.52. The number of nitriles is 1. The Balaban J connectivity index is 2.18. The lowest BCUT2D eigenvalue weighted by Crippen LogP contribution is -2.28. The van der Waals surface area contributed by atoms with Crippen LogP contribution in [0.15, 0.2) is 42.0 Å². The van der Waals surface area contributed by atoms with Crippen LogP contribution < -0.4 is 11.1 Å². The van der Waals surface area contributed by atoms with E-state index in [9.17, 15) is 5.26 Å². The number of fused-ring (bicyclic) bond motifs is 1. The van der Waals surface area contributed by atoms with Crippen molar-refractivity contribution in [1.82, 2.24) is 14.8 Å². The van der Waals surface area contributed by atoms with Gasteiger partial charge in [-0.15, -0.1) is 0 Å². The molecule has 2 heterocycles. The molecule has 0 saturated carbocycles. The largest absolute Gasteiger partial charge is 0.384 e. The van der Waals surface area contributed by atoms with Crippen molar-refractivity contribution in [1.29, 1.82) is 5.26 Å². The summed E-state index contributed by atoms with van der Waals surface area (Å²) < 4.78 is 1.62. The molecule has 19 heavy (non-hydrogen) atoms. The van der Waals surface area contributed by atoms with E-state index in [1.54, 1.807) is 16.8 Å². The van der Waals surface area contributed by atoms with Gasteiger partial charge in [-0.2, -0.15) is 15.3 Å². The second kappa shape index (κ2) is 4.30. The molecule has 1 aromatic heterocycles. The van der Waals surface area contributed by atoms with Crippen molar-refractivity contribution in [2.45, 2.75) is 6.04 Å². The highest BCUT2D eigenvalue weighted by atomic mass is 35.5. The summed E-state index contributed by atoms with van der Waals surface area (Å²) in [6.07, 6.45) is 1.42. The molecule has 3 N–H and O–H groups in total. The number of anilines is 1. The predicted octanol–water partition coefficient (Wildman–Crippen LogP) is 1.64. The van der Waals surface area contributed by atoms with Gasteiger partial charge in [0.05, 0.1) is 5.57 Å². The standard InChI is InChI=1S/C12H9ClN6/c13-8-3-1-7(2-4-8)10-9(5-14)11(15)18-12-16-6-17-19(10)12/h1-4,6,10H,15H2,(H,16,17,18). The van der Waals surface area contributed by atoms with Crippen LogP contribution in [0.3, 0.4) is 0 Å². The van der Waals surface area contributed by atoms with E-state index in [-0.39, 0.29) is 6.04 Å². The lowest BCUT2D eigenvalue weighted by Gasteiger charge is -2.25. The van der Waals surface area contributed by atoms with Crippen molar-refractivity contribution < 1.29 is 0 Å². The van der Waals surface area contributed by atoms with Crippen LogP contribution in [0.4, 0.5) is 5.95 Å². The molecule has 0 bridgehead atoms. The molecule has 0 saturated heterocycles. The highest BCUT2D eigenvalue weighted by Gasteiger charge is 2.29. The van der Waals surface area contributed by atoms with Crippen molar-refractivity contribution in [2.75, 3.05) is 5.32 Å². The quantitative estimate of drug-likeness (QED) is 0.823. The van der Waals surface area contributed by atoms with Crippen LogP contribution in [0.2, 0.25) is 5.02 Å². The molecule has 0 spiro atoms. The zero-order valence-corrected chi connectivity index (χ0v) is 10.5. The van der Waals surface area contributed by atoms with Gasteiger partial charge in [-0.3, -0.25) is 0 Å². The number of aromatic nitrogens is 3. The van der Waals surface area contributed by atoms with Gasteiger partial charge in [0.25, 0.3) is 0 Å². The number of benzene rings is 1. The Morgan fingerprint density at radius 3 is 2.79 bits per heavy atom. The Hall–Kier alpha value is -2.52. The number of nitrogens with two attached hydrogens (primary N) is 1. The monoisotopic (exact) mass is 272 g/mol. The van der Waals surface area contributed by atoms with E-state index in [1.807, 2.05) is 12.1 Å². The zero-order chi connectivity index (χ0) is 13.4. The van der Waals surface area contributed by atoms with Crippen molar-refractivity contribution in [2.24, 2.45) is 5.73 Å². The third kappa shape index (κ3) is 1.80. The SMILES string of the molecule is N#CC1=C(N)Nc2ncnn2C1c1ccc(Cl)cc1. The molecular formula is C12H9ClN6. The second-order valence-electron chi connectivity index (χ2n) is 4.05. The van der Waals surface area contributed by atoms with Gasteiger partial charge in [0.2, 0.25) is 5.95 Å². The molecule has 1 aliphatic heterocycles. The molecule has 2 aromatic rings. The third-order valence-electron chi connectivity index (χ3n) is 2.93. The number of nitrogens with one attached hydrogen (secondary N) is 1. The summed E-state index contributed by atoms with van der Waals surface area (Å²) in [6.45, 7) is 0. The Morgan fingerprint density at radius 2 is 2.11 bits per heavy atom. The van der Waals surface area contributed by atoms with Crippen LogP contribution in [0.5, 0.6) is 0 Å². The minimum atomic E-state index is -0.388. The van der Waals surface area contributed by atoms with Crippen LogP contribution in [-0.4, -0.2) is 14.8 Å². The number of rotatable bonds is 1. The van der Waals surface area contributed by atoms with Crippen LogP contribution in [0, 0.1) is 11.3 Å². The summed E-state index contributed by atoms with van der Waals surface area (Å²) in [6, 6.07) is 8.94. The fourth-order valence-corrected chi connectivity index (χ4v) is 2.19. The lowest BCUT2D eigenvalue weighted by atomic mass is 9.98. The maximum Gasteiger partial charge on any atom is 0.227 e. The van der Waals surface area contributed by atoms with E-state index < -0.39 is 0 Å². The molecule has 1 aromatic carbocycles. The fourth-order valence-electron chi connectivity index (χ4n) is 2.06. The number of nitrogens with zero attached hydrogens (tertiary/aromatic N) is 4. The number of hydrogen-bond acceptors (Lipinski definition) is 5. The average Bonchev–Trinajstić information content (AvgIpc) is 2.86. The smallest absolute Gasteiger partial charge is 0.227 e. The normalized spacial score (nSPS) is 17.6. The zero-order valence-electron chi connectivity index (χ0n) is 9.71. The van der Waals surface area contributed by atoms with E-state index >= 15 is 0 Å². The summed E-state index contributed by atoms with van der Waals surface area (Å²) in [5.74, 6) is 0.805. The molecular weight excluding hydrogens is 264 g/mol. The van der Waals surface area contributed by atoms with Crippen molar-refractivity contribution in [3.8, 4) is 6.07 Å². The van der Waals surface area contributed by atoms with E-state index in [0.29, 0.717) is 22.4 Å². The van der Waals surface area contributed by atoms with Gasteiger partial charge in [0, 0.05) is 5.02 Å². The molecule has 1 unspecified atom stereocenters. The summed E-state index contributed by atoms with van der Waals surface area (Å²) in [7, 11) is 0. The first-order chi connectivity index (χ1) is 9.20. The van der Waals surface area contributed by atoms with E-state index in [1.165, 1.54) is 6.33 Å². The molecule has 0 amide bonds. The van der Waals surface area contributed by atoms with E-state index in [2.05, 4.69) is 21.5 Å². The predicted molar refractivity (Wildman–Crippen MR) is 70.1 cm³/mol. The minimum absolute atomic E-state index is 0.294. The van der Waals surface area contributed by atoms with Gasteiger partial charge in [0.15, 0.2) is 0 Å². The first kappa shape index (κ1) is 11.6. The molecule has 6 nitrogen and oxygen atoms in total. The Kier molecular flexibility index (Phi) is 2.62. The molecule has 0 radical (unpaired) electrons. The maximum absolute atomic E-state index is 9.30. The summed E-state index contributed by atoms with van der Waals surface area (Å²) >= 11 is 5.88. The van der Waals surface area contributed by atoms with Crippen LogP contribution >= 0.6 is 11.6 Å². The molecule has 7 heteroatoms. The maximum atomic E-state index is 9.30. The Labute approximate surface area is 114 Å². The molecule has 0 aliphatic carbocycles. The molecule has 1 aliphatic rings. The van der Waals surface area contributed by atoms with Gasteiger partial charge in [0.1, 0.15) is 24.3 Å². The Bertz CT molecular complexity index is 694. The summed E-state index contributed by atoms with van der Waals surface area (Å²) in [5.41, 5.74) is 7.14. The van der Waals surface area contributed by atoms with E-state index in [4.69, 9.17) is 17.3 Å². The van der Waals surface area contributed by atoms with Gasteiger partial charge in [-0.25, -0.2) is 4.68 Å². The van der Waals surface area contributed by atoms with Gasteiger partial charge in [-0.05, 0) is 17.7 Å². The van der Waals surface area contributed by atoms with Gasteiger partial charge in [-0.1, -0.05) is 23.7 Å². The summed E-state index contributed by atoms with van der Waals surface area (Å²) in [5, 5.41) is 16.9. The molecule has 1 atom stereocenters. The van der Waals surface area contributed by atoms with Crippen LogP contribution in [0.25, 0.3) is 0 Å². The van der Waals surface area contributed by atoms with Crippen molar-refractivity contribution in [3.63, 3.8) is 0 Å². The molecule has 0 fully saturated rings. The molecule has 3 rings (SSSR count). The first-order valence-corrected chi connectivity index (χ1v) is 5.90. The molecule has 94 valence electrons. The second-order valence-corrected chi connectivity index (χ2v) is 4.48. The highest BCUT2D eigenvalue weighted by Crippen LogP contribution is 2.32. The van der Waals surface area contributed by atoms with Crippen molar-refractivity contribution in [3.05, 3.63) is 52.6 Å².